The lowest BCUT2D eigenvalue weighted by molar-refractivity contribution is -0.136. The number of aryl methyl sites for hydroxylation is 2. The summed E-state index contributed by atoms with van der Waals surface area (Å²) in [6.07, 6.45) is 5.73. The highest BCUT2D eigenvalue weighted by Crippen LogP contribution is 2.45. The van der Waals surface area contributed by atoms with Crippen LogP contribution in [0.5, 0.6) is 28.7 Å². The molecule has 0 spiro atoms. The van der Waals surface area contributed by atoms with Crippen LogP contribution >= 0.6 is 0 Å². The lowest BCUT2D eigenvalue weighted by Crippen LogP contribution is -2.22. The van der Waals surface area contributed by atoms with Crippen LogP contribution in [-0.4, -0.2) is 26.3 Å². The molecule has 8 nitrogen and oxygen atoms in total. The van der Waals surface area contributed by atoms with E-state index in [1.807, 2.05) is 50.2 Å². The van der Waals surface area contributed by atoms with Gasteiger partial charge in [0.2, 0.25) is 5.88 Å². The van der Waals surface area contributed by atoms with Gasteiger partial charge in [-0.1, -0.05) is 62.9 Å². The second kappa shape index (κ2) is 14.3. The SMILES string of the molecule is CCCCCCCOc1ccc(C2C(C#N)=C(N)Oc3cc(OC(=O)COc4c(C)cccc4C)ccc32)cc1OC. The standard InChI is InChI=1S/C34H38N2O6/c1-5-6-7-8-9-17-39-28-16-13-24(18-30(28)38-4)32-26-15-14-25(19-29(26)42-34(36)27(32)20-35)41-31(37)21-40-33-22(2)11-10-12-23(33)3/h10-16,18-19,32H,5-9,17,21,36H2,1-4H3. The number of esters is 1. The summed E-state index contributed by atoms with van der Waals surface area (Å²) in [5, 5.41) is 9.96. The average Bonchev–Trinajstić information content (AvgIpc) is 2.98. The zero-order chi connectivity index (χ0) is 30.1. The quantitative estimate of drug-likeness (QED) is 0.135. The molecule has 1 unspecified atom stereocenters. The normalized spacial score (nSPS) is 13.9. The van der Waals surface area contributed by atoms with Crippen LogP contribution in [0.1, 0.15) is 67.2 Å². The van der Waals surface area contributed by atoms with Crippen LogP contribution in [-0.2, 0) is 4.79 Å². The first kappa shape index (κ1) is 30.3. The zero-order valence-corrected chi connectivity index (χ0v) is 24.7. The first-order valence-electron chi connectivity index (χ1n) is 14.3. The molecule has 220 valence electrons. The Morgan fingerprint density at radius 3 is 2.45 bits per heavy atom. The van der Waals surface area contributed by atoms with Crippen molar-refractivity contribution >= 4 is 5.97 Å². The number of ether oxygens (including phenoxy) is 5. The van der Waals surface area contributed by atoms with E-state index in [1.54, 1.807) is 25.3 Å². The van der Waals surface area contributed by atoms with Crippen molar-refractivity contribution in [2.24, 2.45) is 5.73 Å². The number of unbranched alkanes of at least 4 members (excludes halogenated alkanes) is 4. The predicted molar refractivity (Wildman–Crippen MR) is 160 cm³/mol. The maximum Gasteiger partial charge on any atom is 0.349 e. The largest absolute Gasteiger partial charge is 0.493 e. The van der Waals surface area contributed by atoms with Gasteiger partial charge in [-0.2, -0.15) is 5.26 Å². The van der Waals surface area contributed by atoms with Gasteiger partial charge in [-0.3, -0.25) is 0 Å². The minimum absolute atomic E-state index is 0.0109. The fourth-order valence-electron chi connectivity index (χ4n) is 5.03. The number of carbonyl (C=O) groups excluding carboxylic acids is 1. The van der Waals surface area contributed by atoms with Crippen molar-refractivity contribution < 1.29 is 28.5 Å². The summed E-state index contributed by atoms with van der Waals surface area (Å²) in [6.45, 7) is 6.39. The van der Waals surface area contributed by atoms with Gasteiger partial charge in [0.05, 0.1) is 19.6 Å². The molecule has 0 saturated heterocycles. The maximum atomic E-state index is 12.6. The minimum Gasteiger partial charge on any atom is -0.493 e. The van der Waals surface area contributed by atoms with E-state index in [0.29, 0.717) is 35.2 Å². The third kappa shape index (κ3) is 7.16. The fraction of sp³-hybridized carbons (Fsp3) is 0.353. The van der Waals surface area contributed by atoms with Crippen LogP contribution in [0, 0.1) is 25.2 Å². The Labute approximate surface area is 247 Å². The summed E-state index contributed by atoms with van der Waals surface area (Å²) in [7, 11) is 1.59. The number of para-hydroxylation sites is 1. The Morgan fingerprint density at radius 2 is 1.74 bits per heavy atom. The molecule has 0 fully saturated rings. The van der Waals surface area contributed by atoms with Crippen molar-refractivity contribution in [2.45, 2.75) is 58.8 Å². The summed E-state index contributed by atoms with van der Waals surface area (Å²) < 4.78 is 28.7. The Bertz CT molecular complexity index is 1470. The molecule has 42 heavy (non-hydrogen) atoms. The highest BCUT2D eigenvalue weighted by Gasteiger charge is 2.32. The van der Waals surface area contributed by atoms with Gasteiger partial charge in [0.25, 0.3) is 0 Å². The van der Waals surface area contributed by atoms with Gasteiger partial charge in [-0.25, -0.2) is 4.79 Å². The molecule has 0 saturated carbocycles. The number of allylic oxidation sites excluding steroid dienone is 1. The van der Waals surface area contributed by atoms with Crippen molar-refractivity contribution in [3.63, 3.8) is 0 Å². The van der Waals surface area contributed by atoms with Crippen molar-refractivity contribution in [3.05, 3.63) is 88.3 Å². The Morgan fingerprint density at radius 1 is 0.976 bits per heavy atom. The summed E-state index contributed by atoms with van der Waals surface area (Å²) >= 11 is 0. The number of nitrogens with two attached hydrogens (primary N) is 1. The molecular weight excluding hydrogens is 532 g/mol. The number of benzene rings is 3. The van der Waals surface area contributed by atoms with E-state index in [9.17, 15) is 10.1 Å². The van der Waals surface area contributed by atoms with Gasteiger partial charge in [0.15, 0.2) is 18.1 Å². The zero-order valence-electron chi connectivity index (χ0n) is 24.7. The molecule has 0 aliphatic carbocycles. The molecule has 1 aliphatic rings. The van der Waals surface area contributed by atoms with Crippen molar-refractivity contribution in [2.75, 3.05) is 20.3 Å². The number of hydrogen-bond acceptors (Lipinski definition) is 8. The maximum absolute atomic E-state index is 12.6. The summed E-state index contributed by atoms with van der Waals surface area (Å²) in [5.41, 5.74) is 9.84. The highest BCUT2D eigenvalue weighted by atomic mass is 16.6. The van der Waals surface area contributed by atoms with Crippen LogP contribution in [0.2, 0.25) is 0 Å². The van der Waals surface area contributed by atoms with Gasteiger partial charge in [-0.15, -0.1) is 0 Å². The highest BCUT2D eigenvalue weighted by molar-refractivity contribution is 5.74. The van der Waals surface area contributed by atoms with Gasteiger partial charge in [0.1, 0.15) is 28.9 Å². The molecule has 1 heterocycles. The Balaban J connectivity index is 1.51. The number of nitriles is 1. The van der Waals surface area contributed by atoms with E-state index < -0.39 is 11.9 Å². The molecule has 0 amide bonds. The smallest absolute Gasteiger partial charge is 0.349 e. The van der Waals surface area contributed by atoms with Gasteiger partial charge >= 0.3 is 5.97 Å². The summed E-state index contributed by atoms with van der Waals surface area (Å²) in [4.78, 5) is 12.6. The molecule has 2 N–H and O–H groups in total. The van der Waals surface area contributed by atoms with Crippen LogP contribution in [0.15, 0.2) is 66.1 Å². The predicted octanol–water partition coefficient (Wildman–Crippen LogP) is 6.86. The molecule has 1 atom stereocenters. The minimum atomic E-state index is -0.558. The third-order valence-electron chi connectivity index (χ3n) is 7.19. The lowest BCUT2D eigenvalue weighted by Gasteiger charge is -2.27. The van der Waals surface area contributed by atoms with Gasteiger partial charge < -0.3 is 29.4 Å². The first-order chi connectivity index (χ1) is 20.4. The molecular formula is C34H38N2O6. The Kier molecular flexibility index (Phi) is 10.3. The van der Waals surface area contributed by atoms with E-state index in [-0.39, 0.29) is 23.8 Å². The van der Waals surface area contributed by atoms with E-state index >= 15 is 0 Å². The van der Waals surface area contributed by atoms with Gasteiger partial charge in [0, 0.05) is 11.6 Å². The van der Waals surface area contributed by atoms with Crippen LogP contribution in [0.4, 0.5) is 0 Å². The monoisotopic (exact) mass is 570 g/mol. The molecule has 0 radical (unpaired) electrons. The lowest BCUT2D eigenvalue weighted by atomic mass is 9.83. The van der Waals surface area contributed by atoms with E-state index in [2.05, 4.69) is 13.0 Å². The molecule has 1 aliphatic heterocycles. The molecule has 3 aromatic carbocycles. The Hall–Kier alpha value is -4.64. The van der Waals surface area contributed by atoms with Crippen molar-refractivity contribution in [1.82, 2.24) is 0 Å². The average molecular weight is 571 g/mol. The number of methoxy groups -OCH3 is 1. The van der Waals surface area contributed by atoms with Crippen LogP contribution < -0.4 is 29.4 Å². The summed E-state index contributed by atoms with van der Waals surface area (Å²) in [6, 6.07) is 18.6. The molecule has 0 bridgehead atoms. The van der Waals surface area contributed by atoms with Crippen LogP contribution in [0.3, 0.4) is 0 Å². The third-order valence-corrected chi connectivity index (χ3v) is 7.19. The number of rotatable bonds is 13. The van der Waals surface area contributed by atoms with E-state index in [1.165, 1.54) is 19.3 Å². The van der Waals surface area contributed by atoms with Crippen molar-refractivity contribution in [3.8, 4) is 34.8 Å². The van der Waals surface area contributed by atoms with Crippen molar-refractivity contribution in [1.29, 1.82) is 5.26 Å². The first-order valence-corrected chi connectivity index (χ1v) is 14.3. The number of nitrogens with zero attached hydrogens (tertiary/aromatic N) is 1. The second-order valence-corrected chi connectivity index (χ2v) is 10.3. The second-order valence-electron chi connectivity index (χ2n) is 10.3. The molecule has 4 rings (SSSR count). The molecule has 3 aromatic rings. The number of carbonyl (C=O) groups is 1. The molecule has 8 heteroatoms. The fourth-order valence-corrected chi connectivity index (χ4v) is 5.03. The van der Waals surface area contributed by atoms with E-state index in [0.717, 1.165) is 29.5 Å². The topological polar surface area (TPSA) is 113 Å². The number of fused-ring (bicyclic) bond motifs is 1. The van der Waals surface area contributed by atoms with E-state index in [4.69, 9.17) is 29.4 Å². The van der Waals surface area contributed by atoms with Crippen LogP contribution in [0.25, 0.3) is 0 Å². The van der Waals surface area contributed by atoms with Gasteiger partial charge in [-0.05, 0) is 55.2 Å². The number of hydrogen-bond donors (Lipinski definition) is 1. The summed E-state index contributed by atoms with van der Waals surface area (Å²) in [5.74, 6) is 1.46. The molecule has 0 aromatic heterocycles.